The molecule has 2 aromatic rings. The summed E-state index contributed by atoms with van der Waals surface area (Å²) in [6.45, 7) is 7.97. The molecule has 0 bridgehead atoms. The number of carbonyl (C=O) groups is 1. The molecule has 130 valence electrons. The van der Waals surface area contributed by atoms with Gasteiger partial charge in [-0.25, -0.2) is 4.79 Å². The number of ether oxygens (including phenoxy) is 2. The summed E-state index contributed by atoms with van der Waals surface area (Å²) in [7, 11) is 0. The number of fused-ring (bicyclic) bond motifs is 1. The van der Waals surface area contributed by atoms with Gasteiger partial charge in [-0.05, 0) is 42.9 Å². The van der Waals surface area contributed by atoms with Gasteiger partial charge < -0.3 is 14.4 Å². The largest absolute Gasteiger partial charge is 0.492 e. The Morgan fingerprint density at radius 3 is 2.36 bits per heavy atom. The topological polar surface area (TPSA) is 38.8 Å². The van der Waals surface area contributed by atoms with Crippen LogP contribution in [0.1, 0.15) is 35.3 Å². The quantitative estimate of drug-likeness (QED) is 0.714. The summed E-state index contributed by atoms with van der Waals surface area (Å²) in [5.41, 5.74) is 2.42. The van der Waals surface area contributed by atoms with Crippen LogP contribution in [0.2, 0.25) is 0 Å². The van der Waals surface area contributed by atoms with E-state index in [2.05, 4.69) is 18.7 Å². The van der Waals surface area contributed by atoms with E-state index in [0.717, 1.165) is 36.5 Å². The van der Waals surface area contributed by atoms with Gasteiger partial charge in [-0.3, -0.25) is 0 Å². The van der Waals surface area contributed by atoms with E-state index in [9.17, 15) is 4.79 Å². The van der Waals surface area contributed by atoms with Crippen LogP contribution in [-0.2, 0) is 4.74 Å². The second-order valence-corrected chi connectivity index (χ2v) is 5.89. The maximum atomic E-state index is 11.9. The van der Waals surface area contributed by atoms with Crippen LogP contribution < -0.4 is 4.74 Å². The molecule has 0 spiro atoms. The molecule has 3 rings (SSSR count). The average molecular weight is 337 g/mol. The number of hydrogen-bond acceptors (Lipinski definition) is 4. The molecular formula is C21H23NO3. The lowest BCUT2D eigenvalue weighted by molar-refractivity contribution is 0.0717. The van der Waals surface area contributed by atoms with Crippen LogP contribution in [-0.4, -0.2) is 37.1 Å². The Morgan fingerprint density at radius 2 is 1.68 bits per heavy atom. The first kappa shape index (κ1) is 17.2. The van der Waals surface area contributed by atoms with Crippen molar-refractivity contribution in [1.82, 2.24) is 4.90 Å². The van der Waals surface area contributed by atoms with Gasteiger partial charge in [0, 0.05) is 12.1 Å². The summed E-state index contributed by atoms with van der Waals surface area (Å²) in [6, 6.07) is 15.2. The van der Waals surface area contributed by atoms with E-state index in [1.807, 2.05) is 48.5 Å². The summed E-state index contributed by atoms with van der Waals surface area (Å²) in [6.07, 6.45) is 1.88. The van der Waals surface area contributed by atoms with Gasteiger partial charge >= 0.3 is 5.97 Å². The number of esters is 1. The number of hydrogen-bond donors (Lipinski definition) is 0. The minimum Gasteiger partial charge on any atom is -0.492 e. The van der Waals surface area contributed by atoms with E-state index in [4.69, 9.17) is 9.47 Å². The highest BCUT2D eigenvalue weighted by Crippen LogP contribution is 2.31. The summed E-state index contributed by atoms with van der Waals surface area (Å²) < 4.78 is 11.2. The van der Waals surface area contributed by atoms with E-state index in [1.54, 1.807) is 6.07 Å². The van der Waals surface area contributed by atoms with E-state index >= 15 is 0 Å². The summed E-state index contributed by atoms with van der Waals surface area (Å²) in [4.78, 5) is 14.2. The predicted octanol–water partition coefficient (Wildman–Crippen LogP) is 4.08. The molecule has 2 aromatic carbocycles. The minimum atomic E-state index is -0.293. The molecule has 0 saturated carbocycles. The van der Waals surface area contributed by atoms with E-state index in [-0.39, 0.29) is 5.97 Å². The van der Waals surface area contributed by atoms with Crippen molar-refractivity contribution in [1.29, 1.82) is 0 Å². The molecule has 0 unspecified atom stereocenters. The monoisotopic (exact) mass is 337 g/mol. The molecular weight excluding hydrogens is 314 g/mol. The molecule has 1 aliphatic rings. The van der Waals surface area contributed by atoms with Gasteiger partial charge in [-0.1, -0.05) is 44.2 Å². The molecule has 0 aromatic heterocycles. The summed E-state index contributed by atoms with van der Waals surface area (Å²) >= 11 is 0. The molecule has 1 aliphatic heterocycles. The number of likely N-dealkylation sites (N-methyl/N-ethyl adjacent to an activating group) is 1. The number of carbonyl (C=O) groups excluding carboxylic acids is 1. The molecule has 0 amide bonds. The van der Waals surface area contributed by atoms with Gasteiger partial charge in [-0.15, -0.1) is 0 Å². The Kier molecular flexibility index (Phi) is 5.51. The Labute approximate surface area is 148 Å². The Balaban J connectivity index is 1.65. The SMILES string of the molecule is CCN(CC)CCOc1ccc(/C=C2/OC(=O)c3ccccc32)cc1. The fourth-order valence-corrected chi connectivity index (χ4v) is 2.84. The smallest absolute Gasteiger partial charge is 0.344 e. The lowest BCUT2D eigenvalue weighted by Crippen LogP contribution is -2.27. The zero-order chi connectivity index (χ0) is 17.6. The molecule has 4 heteroatoms. The Bertz CT molecular complexity index is 761. The number of benzene rings is 2. The van der Waals surface area contributed by atoms with Gasteiger partial charge in [-0.2, -0.15) is 0 Å². The Hall–Kier alpha value is -2.59. The van der Waals surface area contributed by atoms with Crippen molar-refractivity contribution < 1.29 is 14.3 Å². The number of rotatable bonds is 7. The van der Waals surface area contributed by atoms with Crippen LogP contribution in [0.3, 0.4) is 0 Å². The summed E-state index contributed by atoms with van der Waals surface area (Å²) in [5.74, 6) is 1.15. The van der Waals surface area contributed by atoms with Gasteiger partial charge in [0.2, 0.25) is 0 Å². The van der Waals surface area contributed by atoms with Crippen LogP contribution in [0.5, 0.6) is 5.75 Å². The zero-order valence-corrected chi connectivity index (χ0v) is 14.7. The highest BCUT2D eigenvalue weighted by molar-refractivity contribution is 6.05. The van der Waals surface area contributed by atoms with Gasteiger partial charge in [0.25, 0.3) is 0 Å². The van der Waals surface area contributed by atoms with Crippen LogP contribution in [0.4, 0.5) is 0 Å². The van der Waals surface area contributed by atoms with Crippen molar-refractivity contribution in [3.05, 3.63) is 65.2 Å². The lowest BCUT2D eigenvalue weighted by atomic mass is 10.1. The number of cyclic esters (lactones) is 1. The molecule has 0 radical (unpaired) electrons. The minimum absolute atomic E-state index is 0.293. The summed E-state index contributed by atoms with van der Waals surface area (Å²) in [5, 5.41) is 0. The average Bonchev–Trinajstić information content (AvgIpc) is 2.96. The third kappa shape index (κ3) is 4.09. The van der Waals surface area contributed by atoms with Gasteiger partial charge in [0.15, 0.2) is 0 Å². The molecule has 1 heterocycles. The molecule has 0 fully saturated rings. The van der Waals surface area contributed by atoms with Crippen LogP contribution in [0.25, 0.3) is 11.8 Å². The van der Waals surface area contributed by atoms with Crippen molar-refractivity contribution in [2.75, 3.05) is 26.2 Å². The second kappa shape index (κ2) is 7.99. The highest BCUT2D eigenvalue weighted by atomic mass is 16.5. The number of nitrogens with zero attached hydrogens (tertiary/aromatic N) is 1. The first-order chi connectivity index (χ1) is 12.2. The first-order valence-corrected chi connectivity index (χ1v) is 8.69. The van der Waals surface area contributed by atoms with E-state index < -0.39 is 0 Å². The third-order valence-electron chi connectivity index (χ3n) is 4.36. The van der Waals surface area contributed by atoms with Crippen LogP contribution >= 0.6 is 0 Å². The maximum Gasteiger partial charge on any atom is 0.344 e. The third-order valence-corrected chi connectivity index (χ3v) is 4.36. The molecule has 0 aliphatic carbocycles. The molecule has 0 N–H and O–H groups in total. The van der Waals surface area contributed by atoms with Gasteiger partial charge in [0.1, 0.15) is 18.1 Å². The van der Waals surface area contributed by atoms with E-state index in [0.29, 0.717) is 17.9 Å². The van der Waals surface area contributed by atoms with Gasteiger partial charge in [0.05, 0.1) is 5.56 Å². The lowest BCUT2D eigenvalue weighted by Gasteiger charge is -2.18. The van der Waals surface area contributed by atoms with Crippen LogP contribution in [0, 0.1) is 0 Å². The molecule has 4 nitrogen and oxygen atoms in total. The Morgan fingerprint density at radius 1 is 1.00 bits per heavy atom. The van der Waals surface area contributed by atoms with Crippen molar-refractivity contribution >= 4 is 17.8 Å². The predicted molar refractivity (Wildman–Crippen MR) is 99.5 cm³/mol. The van der Waals surface area contributed by atoms with Crippen molar-refractivity contribution in [2.45, 2.75) is 13.8 Å². The fraction of sp³-hybridized carbons (Fsp3) is 0.286. The van der Waals surface area contributed by atoms with Crippen molar-refractivity contribution in [2.24, 2.45) is 0 Å². The molecule has 0 saturated heterocycles. The maximum absolute atomic E-state index is 11.9. The zero-order valence-electron chi connectivity index (χ0n) is 14.7. The second-order valence-electron chi connectivity index (χ2n) is 5.89. The van der Waals surface area contributed by atoms with Crippen molar-refractivity contribution in [3.63, 3.8) is 0 Å². The highest BCUT2D eigenvalue weighted by Gasteiger charge is 2.25. The van der Waals surface area contributed by atoms with Crippen LogP contribution in [0.15, 0.2) is 48.5 Å². The molecule has 25 heavy (non-hydrogen) atoms. The fourth-order valence-electron chi connectivity index (χ4n) is 2.84. The normalized spacial score (nSPS) is 14.7. The molecule has 0 atom stereocenters. The standard InChI is InChI=1S/C21H23NO3/c1-3-22(4-2)13-14-24-17-11-9-16(10-12-17)15-20-18-7-5-6-8-19(18)21(23)25-20/h5-12,15H,3-4,13-14H2,1-2H3/b20-15+. The van der Waals surface area contributed by atoms with Crippen molar-refractivity contribution in [3.8, 4) is 5.75 Å². The first-order valence-electron chi connectivity index (χ1n) is 8.69. The van der Waals surface area contributed by atoms with E-state index in [1.165, 1.54) is 0 Å².